The van der Waals surface area contributed by atoms with E-state index in [1.807, 2.05) is 7.05 Å². The van der Waals surface area contributed by atoms with Gasteiger partial charge in [-0.05, 0) is 33.7 Å². The number of halogens is 1. The number of hydrogen-bond acceptors (Lipinski definition) is 4. The molecule has 1 rings (SSSR count). The molecule has 0 unspecified atom stereocenters. The van der Waals surface area contributed by atoms with Crippen LogP contribution >= 0.6 is 24.0 Å². The maximum atomic E-state index is 5.08. The lowest BCUT2D eigenvalue weighted by Crippen LogP contribution is -2.50. The third kappa shape index (κ3) is 9.69. The minimum Gasteiger partial charge on any atom is -0.383 e. The van der Waals surface area contributed by atoms with E-state index in [1.54, 1.807) is 7.11 Å². The molecule has 7 heteroatoms. The smallest absolute Gasteiger partial charge is 0.191 e. The first kappa shape index (κ1) is 22.9. The molecule has 1 fully saturated rings. The van der Waals surface area contributed by atoms with E-state index in [0.717, 1.165) is 32.2 Å². The number of likely N-dealkylation sites (N-methyl/N-ethyl adjacent to an activating group) is 1. The van der Waals surface area contributed by atoms with E-state index in [9.17, 15) is 0 Å². The Morgan fingerprint density at radius 1 is 1.30 bits per heavy atom. The fraction of sp³-hybridized carbons (Fsp3) is 0.938. The van der Waals surface area contributed by atoms with Gasteiger partial charge in [0.15, 0.2) is 5.96 Å². The van der Waals surface area contributed by atoms with Crippen molar-refractivity contribution < 1.29 is 4.74 Å². The van der Waals surface area contributed by atoms with Crippen molar-refractivity contribution in [1.82, 2.24) is 20.4 Å². The van der Waals surface area contributed by atoms with Crippen LogP contribution in [-0.2, 0) is 4.74 Å². The fourth-order valence-electron chi connectivity index (χ4n) is 2.67. The zero-order chi connectivity index (χ0) is 16.4. The largest absolute Gasteiger partial charge is 0.383 e. The zero-order valence-electron chi connectivity index (χ0n) is 15.5. The van der Waals surface area contributed by atoms with Crippen LogP contribution < -0.4 is 10.6 Å². The monoisotopic (exact) mass is 441 g/mol. The highest BCUT2D eigenvalue weighted by Gasteiger charge is 2.21. The van der Waals surface area contributed by atoms with Gasteiger partial charge in [0.1, 0.15) is 0 Å². The summed E-state index contributed by atoms with van der Waals surface area (Å²) in [6.07, 6.45) is 2.37. The Kier molecular flexibility index (Phi) is 13.1. The maximum Gasteiger partial charge on any atom is 0.191 e. The summed E-state index contributed by atoms with van der Waals surface area (Å²) in [5.74, 6) is 0.920. The lowest BCUT2D eigenvalue weighted by molar-refractivity contribution is 0.162. The summed E-state index contributed by atoms with van der Waals surface area (Å²) in [5, 5.41) is 6.95. The number of guanidine groups is 1. The van der Waals surface area contributed by atoms with Crippen LogP contribution in [0.3, 0.4) is 0 Å². The quantitative estimate of drug-likeness (QED) is 0.337. The second kappa shape index (κ2) is 13.2. The van der Waals surface area contributed by atoms with Crippen LogP contribution in [0.2, 0.25) is 0 Å². The molecule has 1 aliphatic rings. The minimum absolute atomic E-state index is 0. The van der Waals surface area contributed by atoms with Crippen LogP contribution in [0, 0.1) is 0 Å². The molecule has 138 valence electrons. The first-order chi connectivity index (χ1) is 10.6. The van der Waals surface area contributed by atoms with Gasteiger partial charge in [-0.25, -0.2) is 0 Å². The highest BCUT2D eigenvalue weighted by molar-refractivity contribution is 14.0. The summed E-state index contributed by atoms with van der Waals surface area (Å²) in [4.78, 5) is 9.13. The third-order valence-corrected chi connectivity index (χ3v) is 4.29. The summed E-state index contributed by atoms with van der Waals surface area (Å²) in [6.45, 7) is 10.5. The highest BCUT2D eigenvalue weighted by Crippen LogP contribution is 2.12. The van der Waals surface area contributed by atoms with Gasteiger partial charge in [-0.2, -0.15) is 0 Å². The van der Waals surface area contributed by atoms with Gasteiger partial charge in [-0.15, -0.1) is 24.0 Å². The van der Waals surface area contributed by atoms with E-state index in [2.05, 4.69) is 46.3 Å². The van der Waals surface area contributed by atoms with Crippen LogP contribution in [0.25, 0.3) is 0 Å². The van der Waals surface area contributed by atoms with Gasteiger partial charge in [0, 0.05) is 59.0 Å². The SMILES string of the molecule is CN=C(NCCN(C)CCOC)NC1CCN(C(C)C)CC1.I. The van der Waals surface area contributed by atoms with E-state index in [4.69, 9.17) is 4.74 Å². The van der Waals surface area contributed by atoms with Crippen molar-refractivity contribution in [2.75, 3.05) is 60.5 Å². The lowest BCUT2D eigenvalue weighted by Gasteiger charge is -2.35. The topological polar surface area (TPSA) is 52.1 Å². The first-order valence-corrected chi connectivity index (χ1v) is 8.45. The van der Waals surface area contributed by atoms with Crippen molar-refractivity contribution in [3.8, 4) is 0 Å². The van der Waals surface area contributed by atoms with Crippen molar-refractivity contribution in [3.63, 3.8) is 0 Å². The van der Waals surface area contributed by atoms with Gasteiger partial charge in [0.2, 0.25) is 0 Å². The van der Waals surface area contributed by atoms with E-state index in [0.29, 0.717) is 12.1 Å². The molecule has 0 bridgehead atoms. The molecular formula is C16H36IN5O. The number of nitrogens with one attached hydrogen (secondary N) is 2. The van der Waals surface area contributed by atoms with Crippen LogP contribution in [0.5, 0.6) is 0 Å². The first-order valence-electron chi connectivity index (χ1n) is 8.45. The summed E-state index contributed by atoms with van der Waals surface area (Å²) < 4.78 is 5.08. The average Bonchev–Trinajstić information content (AvgIpc) is 2.52. The summed E-state index contributed by atoms with van der Waals surface area (Å²) in [7, 11) is 5.69. The Bertz CT molecular complexity index is 320. The summed E-state index contributed by atoms with van der Waals surface area (Å²) in [6, 6.07) is 1.19. The van der Waals surface area contributed by atoms with Crippen LogP contribution in [-0.4, -0.2) is 88.4 Å². The van der Waals surface area contributed by atoms with E-state index in [1.165, 1.54) is 25.9 Å². The van der Waals surface area contributed by atoms with Gasteiger partial charge in [0.05, 0.1) is 6.61 Å². The number of hydrogen-bond donors (Lipinski definition) is 2. The van der Waals surface area contributed by atoms with Crippen molar-refractivity contribution in [2.24, 2.45) is 4.99 Å². The van der Waals surface area contributed by atoms with Crippen molar-refractivity contribution >= 4 is 29.9 Å². The second-order valence-electron chi connectivity index (χ2n) is 6.34. The number of piperidine rings is 1. The molecule has 0 aromatic rings. The molecule has 0 atom stereocenters. The van der Waals surface area contributed by atoms with Crippen molar-refractivity contribution in [1.29, 1.82) is 0 Å². The number of nitrogens with zero attached hydrogens (tertiary/aromatic N) is 3. The summed E-state index contributed by atoms with van der Waals surface area (Å²) in [5.41, 5.74) is 0. The van der Waals surface area contributed by atoms with E-state index < -0.39 is 0 Å². The van der Waals surface area contributed by atoms with Gasteiger partial charge in [-0.1, -0.05) is 0 Å². The fourth-order valence-corrected chi connectivity index (χ4v) is 2.67. The van der Waals surface area contributed by atoms with Gasteiger partial charge in [-0.3, -0.25) is 4.99 Å². The number of ether oxygens (including phenoxy) is 1. The molecule has 0 aromatic carbocycles. The Morgan fingerprint density at radius 2 is 1.96 bits per heavy atom. The Hall–Kier alpha value is -0.120. The Morgan fingerprint density at radius 3 is 2.48 bits per heavy atom. The molecule has 2 N–H and O–H groups in total. The molecule has 0 spiro atoms. The predicted molar refractivity (Wildman–Crippen MR) is 109 cm³/mol. The van der Waals surface area contributed by atoms with Gasteiger partial charge >= 0.3 is 0 Å². The van der Waals surface area contributed by atoms with E-state index >= 15 is 0 Å². The third-order valence-electron chi connectivity index (χ3n) is 4.29. The number of methoxy groups -OCH3 is 1. The molecule has 0 radical (unpaired) electrons. The lowest BCUT2D eigenvalue weighted by atomic mass is 10.0. The maximum absolute atomic E-state index is 5.08. The molecule has 1 aliphatic heterocycles. The van der Waals surface area contributed by atoms with Crippen molar-refractivity contribution in [3.05, 3.63) is 0 Å². The number of rotatable bonds is 8. The molecule has 1 heterocycles. The Balaban J connectivity index is 0.00000484. The van der Waals surface area contributed by atoms with Crippen LogP contribution in [0.15, 0.2) is 4.99 Å². The Labute approximate surface area is 159 Å². The second-order valence-corrected chi connectivity index (χ2v) is 6.34. The van der Waals surface area contributed by atoms with Crippen LogP contribution in [0.4, 0.5) is 0 Å². The standard InChI is InChI=1S/C16H35N5O.HI/c1-14(2)21-9-6-15(7-10-21)19-16(17-3)18-8-11-20(4)12-13-22-5;/h14-15H,6-13H2,1-5H3,(H2,17,18,19);1H. The highest BCUT2D eigenvalue weighted by atomic mass is 127. The molecule has 23 heavy (non-hydrogen) atoms. The zero-order valence-corrected chi connectivity index (χ0v) is 17.8. The number of aliphatic imine (C=N–C) groups is 1. The predicted octanol–water partition coefficient (Wildman–Crippen LogP) is 1.22. The summed E-state index contributed by atoms with van der Waals surface area (Å²) >= 11 is 0. The molecule has 0 amide bonds. The molecule has 0 aliphatic carbocycles. The van der Waals surface area contributed by atoms with Crippen LogP contribution in [0.1, 0.15) is 26.7 Å². The molecule has 0 saturated carbocycles. The van der Waals surface area contributed by atoms with Gasteiger partial charge in [0.25, 0.3) is 0 Å². The van der Waals surface area contributed by atoms with E-state index in [-0.39, 0.29) is 24.0 Å². The average molecular weight is 441 g/mol. The minimum atomic E-state index is 0. The molecular weight excluding hydrogens is 405 g/mol. The van der Waals surface area contributed by atoms with Gasteiger partial charge < -0.3 is 25.2 Å². The molecule has 0 aromatic heterocycles. The molecule has 1 saturated heterocycles. The number of likely N-dealkylation sites (tertiary alicyclic amines) is 1. The normalized spacial score (nSPS) is 17.4. The molecule has 6 nitrogen and oxygen atoms in total. The van der Waals surface area contributed by atoms with Crippen molar-refractivity contribution in [2.45, 2.75) is 38.8 Å².